The summed E-state index contributed by atoms with van der Waals surface area (Å²) in [4.78, 5) is 4.85. The smallest absolute Gasteiger partial charge is 0.0602 e. The minimum absolute atomic E-state index is 0. The largest absolute Gasteiger partial charge is 0.340 e. The second kappa shape index (κ2) is 11.7. The Morgan fingerprint density at radius 3 is 2.12 bits per heavy atom. The summed E-state index contributed by atoms with van der Waals surface area (Å²) in [5, 5.41) is 0. The van der Waals surface area contributed by atoms with Crippen molar-refractivity contribution in [2.75, 3.05) is 0 Å². The van der Waals surface area contributed by atoms with Crippen molar-refractivity contribution >= 4 is 0 Å². The van der Waals surface area contributed by atoms with Crippen molar-refractivity contribution in [1.82, 2.24) is 9.55 Å². The molecule has 5 aromatic rings. The Balaban J connectivity index is 0.00000323. The molecule has 1 aliphatic carbocycles. The van der Waals surface area contributed by atoms with Gasteiger partial charge in [-0.2, -0.15) is 0 Å². The third-order valence-electron chi connectivity index (χ3n) is 8.59. The van der Waals surface area contributed by atoms with Crippen LogP contribution in [0.25, 0.3) is 28.2 Å². The van der Waals surface area contributed by atoms with Gasteiger partial charge in [-0.25, -0.2) is 0 Å². The van der Waals surface area contributed by atoms with Crippen LogP contribution in [0.4, 0.5) is 0 Å². The first kappa shape index (κ1) is 28.3. The number of rotatable bonds is 8. The summed E-state index contributed by atoms with van der Waals surface area (Å²) in [6, 6.07) is 32.5. The van der Waals surface area contributed by atoms with E-state index in [4.69, 9.17) is 4.98 Å². The maximum absolute atomic E-state index is 4.85. The first-order valence-corrected chi connectivity index (χ1v) is 14.4. The number of benzene rings is 4. The van der Waals surface area contributed by atoms with E-state index in [9.17, 15) is 0 Å². The topological polar surface area (TPSA) is 17.8 Å². The minimum Gasteiger partial charge on any atom is -0.340 e. The van der Waals surface area contributed by atoms with Crippen LogP contribution in [0.3, 0.4) is 0 Å². The zero-order valence-electron chi connectivity index (χ0n) is 23.9. The maximum Gasteiger partial charge on any atom is 0.0602 e. The Hall–Kier alpha value is -3.26. The molecule has 6 rings (SSSR count). The molecule has 1 aliphatic rings. The summed E-state index contributed by atoms with van der Waals surface area (Å²) in [6.07, 6.45) is 10.3. The van der Waals surface area contributed by atoms with Gasteiger partial charge >= 0.3 is 0 Å². The van der Waals surface area contributed by atoms with E-state index in [2.05, 4.69) is 123 Å². The fourth-order valence-corrected chi connectivity index (χ4v) is 6.68. The normalized spacial score (nSPS) is 13.0. The Morgan fingerprint density at radius 2 is 1.48 bits per heavy atom. The number of imidazole rings is 1. The van der Waals surface area contributed by atoms with Gasteiger partial charge in [-0.3, -0.25) is 4.98 Å². The summed E-state index contributed by atoms with van der Waals surface area (Å²) in [5.74, 6) is 0.932. The first-order valence-electron chi connectivity index (χ1n) is 14.4. The Bertz CT molecular complexity index is 1580. The molecule has 0 spiro atoms. The van der Waals surface area contributed by atoms with Crippen molar-refractivity contribution in [2.24, 2.45) is 0 Å². The van der Waals surface area contributed by atoms with Gasteiger partial charge in [-0.15, -0.1) is 35.4 Å². The van der Waals surface area contributed by atoms with E-state index in [1.165, 1.54) is 75.9 Å². The molecule has 0 amide bonds. The van der Waals surface area contributed by atoms with Crippen LogP contribution in [0.2, 0.25) is 0 Å². The average Bonchev–Trinajstić information content (AvgIpc) is 3.53. The van der Waals surface area contributed by atoms with E-state index in [0.29, 0.717) is 0 Å². The summed E-state index contributed by atoms with van der Waals surface area (Å²) in [7, 11) is 0. The van der Waals surface area contributed by atoms with Crippen molar-refractivity contribution in [3.05, 3.63) is 131 Å². The quantitative estimate of drug-likeness (QED) is 0.117. The molecule has 0 unspecified atom stereocenters. The SMILES string of the molecule is CCCCCCc1cc(C)c(-n2ccnc2-c2[c-]ccc(C3(C)c4ccccc4-c4ccccc43)c2)c(C)c1.[Ir]. The summed E-state index contributed by atoms with van der Waals surface area (Å²) in [5.41, 5.74) is 12.7. The van der Waals surface area contributed by atoms with Gasteiger partial charge in [0.2, 0.25) is 0 Å². The average molecular weight is 702 g/mol. The van der Waals surface area contributed by atoms with Crippen molar-refractivity contribution in [1.29, 1.82) is 0 Å². The first-order chi connectivity index (χ1) is 19.0. The molecule has 0 saturated carbocycles. The molecule has 0 N–H and O–H groups in total. The molecule has 2 nitrogen and oxygen atoms in total. The van der Waals surface area contributed by atoms with Crippen LogP contribution in [-0.4, -0.2) is 9.55 Å². The van der Waals surface area contributed by atoms with Crippen molar-refractivity contribution < 1.29 is 20.1 Å². The third-order valence-corrected chi connectivity index (χ3v) is 8.59. The van der Waals surface area contributed by atoms with Crippen LogP contribution in [0.1, 0.15) is 72.9 Å². The Labute approximate surface area is 252 Å². The number of unbranched alkanes of at least 4 members (excludes halogenated alkanes) is 3. The van der Waals surface area contributed by atoms with Crippen LogP contribution in [0, 0.1) is 19.9 Å². The fraction of sp³-hybridized carbons (Fsp3) is 0.270. The van der Waals surface area contributed by atoms with Crippen LogP contribution in [0.5, 0.6) is 0 Å². The summed E-state index contributed by atoms with van der Waals surface area (Å²) in [6.45, 7) is 9.09. The predicted octanol–water partition coefficient (Wildman–Crippen LogP) is 9.41. The molecular weight excluding hydrogens is 665 g/mol. The predicted molar refractivity (Wildman–Crippen MR) is 163 cm³/mol. The van der Waals surface area contributed by atoms with Gasteiger partial charge in [0.05, 0.1) is 5.82 Å². The number of fused-ring (bicyclic) bond motifs is 3. The molecule has 0 saturated heterocycles. The molecule has 1 radical (unpaired) electrons. The number of nitrogens with zero attached hydrogens (tertiary/aromatic N) is 2. The van der Waals surface area contributed by atoms with E-state index >= 15 is 0 Å². The van der Waals surface area contributed by atoms with E-state index in [1.807, 2.05) is 6.20 Å². The molecule has 4 aromatic carbocycles. The van der Waals surface area contributed by atoms with Gasteiger partial charge in [0.25, 0.3) is 0 Å². The number of aryl methyl sites for hydroxylation is 3. The summed E-state index contributed by atoms with van der Waals surface area (Å²) < 4.78 is 2.25. The number of aromatic nitrogens is 2. The molecule has 1 heterocycles. The van der Waals surface area contributed by atoms with Gasteiger partial charge in [0.15, 0.2) is 0 Å². The van der Waals surface area contributed by atoms with E-state index in [-0.39, 0.29) is 25.5 Å². The van der Waals surface area contributed by atoms with Crippen molar-refractivity contribution in [3.8, 4) is 28.2 Å². The Kier molecular flexibility index (Phi) is 8.26. The molecular formula is C37H37IrN2-. The standard InChI is InChI=1S/C37H37N2.Ir/c1-5-6-7-8-14-28-23-26(2)35(27(3)24-28)39-22-21-38-36(39)29-15-13-16-30(25-29)37(4)33-19-11-9-17-31(33)32-18-10-12-20-34(32)37;/h9-13,16-25H,5-8,14H2,1-4H3;/q-1;. The maximum atomic E-state index is 4.85. The van der Waals surface area contributed by atoms with Crippen molar-refractivity contribution in [3.63, 3.8) is 0 Å². The second-order valence-electron chi connectivity index (χ2n) is 11.2. The van der Waals surface area contributed by atoms with E-state index in [1.54, 1.807) is 0 Å². The molecule has 0 atom stereocenters. The van der Waals surface area contributed by atoms with Gasteiger partial charge in [-0.05, 0) is 72.6 Å². The van der Waals surface area contributed by atoms with Crippen LogP contribution >= 0.6 is 0 Å². The zero-order chi connectivity index (χ0) is 27.0. The summed E-state index contributed by atoms with van der Waals surface area (Å²) >= 11 is 0. The molecule has 1 aromatic heterocycles. The molecule has 0 aliphatic heterocycles. The van der Waals surface area contributed by atoms with Crippen molar-refractivity contribution in [2.45, 2.75) is 65.2 Å². The molecule has 205 valence electrons. The molecule has 3 heteroatoms. The molecule has 0 bridgehead atoms. The van der Waals surface area contributed by atoms with Gasteiger partial charge in [0.1, 0.15) is 0 Å². The number of hydrogen-bond acceptors (Lipinski definition) is 1. The van der Waals surface area contributed by atoms with E-state index < -0.39 is 0 Å². The third kappa shape index (κ3) is 4.80. The van der Waals surface area contributed by atoms with Gasteiger partial charge in [-0.1, -0.05) is 86.8 Å². The van der Waals surface area contributed by atoms with Gasteiger partial charge in [0, 0.05) is 43.6 Å². The number of hydrogen-bond donors (Lipinski definition) is 0. The van der Waals surface area contributed by atoms with Crippen LogP contribution in [0.15, 0.2) is 91.3 Å². The molecule has 40 heavy (non-hydrogen) atoms. The van der Waals surface area contributed by atoms with Crippen LogP contribution in [-0.2, 0) is 31.9 Å². The molecule has 0 fully saturated rings. The van der Waals surface area contributed by atoms with Crippen LogP contribution < -0.4 is 0 Å². The minimum atomic E-state index is -0.236. The fourth-order valence-electron chi connectivity index (χ4n) is 6.68. The Morgan fingerprint density at radius 1 is 0.825 bits per heavy atom. The zero-order valence-corrected chi connectivity index (χ0v) is 26.3. The monoisotopic (exact) mass is 702 g/mol. The van der Waals surface area contributed by atoms with Gasteiger partial charge < -0.3 is 4.57 Å². The van der Waals surface area contributed by atoms with E-state index in [0.717, 1.165) is 17.8 Å². The second-order valence-corrected chi connectivity index (χ2v) is 11.2.